The van der Waals surface area contributed by atoms with E-state index in [0.717, 1.165) is 11.3 Å². The number of anilines is 1. The van der Waals surface area contributed by atoms with Crippen molar-refractivity contribution in [3.8, 4) is 17.0 Å². The van der Waals surface area contributed by atoms with Gasteiger partial charge in [0.15, 0.2) is 5.13 Å². The largest absolute Gasteiger partial charge is 0.497 e. The fourth-order valence-corrected chi connectivity index (χ4v) is 3.25. The summed E-state index contributed by atoms with van der Waals surface area (Å²) in [6.45, 7) is 6.57. The molecule has 0 aliphatic rings. The minimum Gasteiger partial charge on any atom is -0.497 e. The molecule has 5 heteroatoms. The second-order valence-corrected chi connectivity index (χ2v) is 7.91. The summed E-state index contributed by atoms with van der Waals surface area (Å²) >= 11 is 1.41. The molecule has 0 saturated heterocycles. The van der Waals surface area contributed by atoms with Crippen LogP contribution < -0.4 is 10.1 Å². The molecule has 0 fully saturated rings. The number of nitrogens with zero attached hydrogens (tertiary/aromatic N) is 1. The lowest BCUT2D eigenvalue weighted by molar-refractivity contribution is 0.102. The van der Waals surface area contributed by atoms with E-state index in [1.165, 1.54) is 16.9 Å². The standard InChI is InChI=1S/C21H22N2O2S/c1-21(2,3)16-10-8-14(9-11-16)18-13-26-20(22-18)23-19(24)15-6-5-7-17(12-15)25-4/h5-13H,1-4H3,(H,22,23,24). The zero-order chi connectivity index (χ0) is 18.7. The Labute approximate surface area is 157 Å². The number of nitrogens with one attached hydrogen (secondary N) is 1. The molecule has 3 rings (SSSR count). The topological polar surface area (TPSA) is 51.2 Å². The number of methoxy groups -OCH3 is 1. The van der Waals surface area contributed by atoms with Crippen molar-refractivity contribution in [2.45, 2.75) is 26.2 Å². The summed E-state index contributed by atoms with van der Waals surface area (Å²) in [5.41, 5.74) is 3.84. The van der Waals surface area contributed by atoms with Gasteiger partial charge < -0.3 is 4.74 Å². The summed E-state index contributed by atoms with van der Waals surface area (Å²) < 4.78 is 5.16. The predicted octanol–water partition coefficient (Wildman–Crippen LogP) is 5.37. The number of rotatable bonds is 4. The Morgan fingerprint density at radius 1 is 1.12 bits per heavy atom. The molecule has 1 amide bonds. The highest BCUT2D eigenvalue weighted by Crippen LogP contribution is 2.28. The first-order valence-electron chi connectivity index (χ1n) is 8.38. The molecule has 0 bridgehead atoms. The molecule has 0 aliphatic heterocycles. The van der Waals surface area contributed by atoms with Gasteiger partial charge in [-0.3, -0.25) is 10.1 Å². The van der Waals surface area contributed by atoms with Crippen LogP contribution in [0.15, 0.2) is 53.9 Å². The van der Waals surface area contributed by atoms with Crippen LogP contribution in [0.25, 0.3) is 11.3 Å². The minimum absolute atomic E-state index is 0.122. The second kappa shape index (κ2) is 7.30. The van der Waals surface area contributed by atoms with Crippen LogP contribution in [-0.4, -0.2) is 18.0 Å². The number of thiazole rings is 1. The van der Waals surface area contributed by atoms with E-state index in [9.17, 15) is 4.79 Å². The van der Waals surface area contributed by atoms with Gasteiger partial charge in [-0.1, -0.05) is 51.1 Å². The van der Waals surface area contributed by atoms with Gasteiger partial charge >= 0.3 is 0 Å². The summed E-state index contributed by atoms with van der Waals surface area (Å²) in [5.74, 6) is 0.448. The van der Waals surface area contributed by atoms with Crippen LogP contribution in [-0.2, 0) is 5.41 Å². The van der Waals surface area contributed by atoms with Crippen molar-refractivity contribution in [1.29, 1.82) is 0 Å². The average Bonchev–Trinajstić information content (AvgIpc) is 3.09. The van der Waals surface area contributed by atoms with E-state index in [1.54, 1.807) is 31.4 Å². The predicted molar refractivity (Wildman–Crippen MR) is 107 cm³/mol. The third kappa shape index (κ3) is 4.11. The Morgan fingerprint density at radius 2 is 1.85 bits per heavy atom. The van der Waals surface area contributed by atoms with Crippen LogP contribution in [0.2, 0.25) is 0 Å². The fraction of sp³-hybridized carbons (Fsp3) is 0.238. The SMILES string of the molecule is COc1cccc(C(=O)Nc2nc(-c3ccc(C(C)(C)C)cc3)cs2)c1. The van der Waals surface area contributed by atoms with Gasteiger partial charge in [-0.2, -0.15) is 0 Å². The van der Waals surface area contributed by atoms with Gasteiger partial charge in [-0.15, -0.1) is 11.3 Å². The maximum Gasteiger partial charge on any atom is 0.257 e. The van der Waals surface area contributed by atoms with Crippen LogP contribution >= 0.6 is 11.3 Å². The van der Waals surface area contributed by atoms with E-state index in [4.69, 9.17) is 4.74 Å². The minimum atomic E-state index is -0.201. The van der Waals surface area contributed by atoms with E-state index >= 15 is 0 Å². The molecule has 1 aromatic heterocycles. The van der Waals surface area contributed by atoms with Gasteiger partial charge in [0.25, 0.3) is 5.91 Å². The number of hydrogen-bond acceptors (Lipinski definition) is 4. The molecule has 26 heavy (non-hydrogen) atoms. The normalized spacial score (nSPS) is 11.2. The van der Waals surface area contributed by atoms with Gasteiger partial charge in [-0.25, -0.2) is 4.98 Å². The molecular weight excluding hydrogens is 344 g/mol. The summed E-state index contributed by atoms with van der Waals surface area (Å²) in [7, 11) is 1.58. The fourth-order valence-electron chi connectivity index (χ4n) is 2.54. The number of amides is 1. The number of hydrogen-bond donors (Lipinski definition) is 1. The Hall–Kier alpha value is -2.66. The molecule has 1 heterocycles. The van der Waals surface area contributed by atoms with Crippen molar-refractivity contribution in [3.63, 3.8) is 0 Å². The van der Waals surface area contributed by atoms with Gasteiger partial charge in [0.2, 0.25) is 0 Å². The molecule has 0 unspecified atom stereocenters. The van der Waals surface area contributed by atoms with E-state index in [0.29, 0.717) is 16.4 Å². The number of carbonyl (C=O) groups excluding carboxylic acids is 1. The maximum absolute atomic E-state index is 12.4. The molecule has 3 aromatic rings. The molecule has 0 atom stereocenters. The molecule has 4 nitrogen and oxygen atoms in total. The van der Waals surface area contributed by atoms with E-state index in [2.05, 4.69) is 55.3 Å². The van der Waals surface area contributed by atoms with Gasteiger partial charge in [0.05, 0.1) is 12.8 Å². The number of ether oxygens (including phenoxy) is 1. The van der Waals surface area contributed by atoms with Gasteiger partial charge in [0.1, 0.15) is 5.75 Å². The quantitative estimate of drug-likeness (QED) is 0.675. The van der Waals surface area contributed by atoms with Crippen molar-refractivity contribution in [2.24, 2.45) is 0 Å². The number of carbonyl (C=O) groups is 1. The summed E-state index contributed by atoms with van der Waals surface area (Å²) in [6.07, 6.45) is 0. The summed E-state index contributed by atoms with van der Waals surface area (Å²) in [5, 5.41) is 5.38. The zero-order valence-corrected chi connectivity index (χ0v) is 16.2. The lowest BCUT2D eigenvalue weighted by atomic mass is 9.86. The lowest BCUT2D eigenvalue weighted by Crippen LogP contribution is -2.11. The highest BCUT2D eigenvalue weighted by Gasteiger charge is 2.14. The van der Waals surface area contributed by atoms with E-state index in [-0.39, 0.29) is 11.3 Å². The van der Waals surface area contributed by atoms with Crippen molar-refractivity contribution in [2.75, 3.05) is 12.4 Å². The Kier molecular flexibility index (Phi) is 5.09. The first kappa shape index (κ1) is 18.1. The van der Waals surface area contributed by atoms with Crippen molar-refractivity contribution in [3.05, 3.63) is 65.0 Å². The first-order valence-corrected chi connectivity index (χ1v) is 9.26. The molecule has 0 radical (unpaired) electrons. The molecule has 1 N–H and O–H groups in total. The van der Waals surface area contributed by atoms with Crippen LogP contribution in [0.1, 0.15) is 36.7 Å². The Balaban J connectivity index is 1.74. The molecule has 134 valence electrons. The van der Waals surface area contributed by atoms with Crippen LogP contribution in [0, 0.1) is 0 Å². The number of benzene rings is 2. The maximum atomic E-state index is 12.4. The van der Waals surface area contributed by atoms with E-state index in [1.807, 2.05) is 5.38 Å². The average molecular weight is 366 g/mol. The van der Waals surface area contributed by atoms with Gasteiger partial charge in [0, 0.05) is 16.5 Å². The molecule has 0 saturated carbocycles. The van der Waals surface area contributed by atoms with Crippen molar-refractivity contribution >= 4 is 22.4 Å². The van der Waals surface area contributed by atoms with Crippen LogP contribution in [0.3, 0.4) is 0 Å². The third-order valence-electron chi connectivity index (χ3n) is 4.10. The highest BCUT2D eigenvalue weighted by molar-refractivity contribution is 7.14. The highest BCUT2D eigenvalue weighted by atomic mass is 32.1. The molecule has 0 spiro atoms. The smallest absolute Gasteiger partial charge is 0.257 e. The molecular formula is C21H22N2O2S. The summed E-state index contributed by atoms with van der Waals surface area (Å²) in [6, 6.07) is 15.4. The first-order chi connectivity index (χ1) is 12.4. The van der Waals surface area contributed by atoms with E-state index < -0.39 is 0 Å². The summed E-state index contributed by atoms with van der Waals surface area (Å²) in [4.78, 5) is 16.9. The van der Waals surface area contributed by atoms with Crippen LogP contribution in [0.5, 0.6) is 5.75 Å². The zero-order valence-electron chi connectivity index (χ0n) is 15.4. The molecule has 2 aromatic carbocycles. The van der Waals surface area contributed by atoms with Crippen LogP contribution in [0.4, 0.5) is 5.13 Å². The van der Waals surface area contributed by atoms with Crippen molar-refractivity contribution < 1.29 is 9.53 Å². The second-order valence-electron chi connectivity index (χ2n) is 7.05. The van der Waals surface area contributed by atoms with Gasteiger partial charge in [-0.05, 0) is 29.2 Å². The third-order valence-corrected chi connectivity index (χ3v) is 4.86. The number of aromatic nitrogens is 1. The van der Waals surface area contributed by atoms with Crippen molar-refractivity contribution in [1.82, 2.24) is 4.98 Å². The lowest BCUT2D eigenvalue weighted by Gasteiger charge is -2.18. The monoisotopic (exact) mass is 366 g/mol. The Morgan fingerprint density at radius 3 is 2.50 bits per heavy atom. The Bertz CT molecular complexity index is 908. The molecule has 0 aliphatic carbocycles.